The molecule has 20 heavy (non-hydrogen) atoms. The predicted octanol–water partition coefficient (Wildman–Crippen LogP) is 3.16. The Morgan fingerprint density at radius 1 is 1.15 bits per heavy atom. The Bertz CT molecular complexity index is 471. The van der Waals surface area contributed by atoms with Crippen molar-refractivity contribution < 1.29 is 9.53 Å². The number of carbonyl (C=O) groups is 1. The van der Waals surface area contributed by atoms with Gasteiger partial charge in [0.15, 0.2) is 0 Å². The quantitative estimate of drug-likeness (QED) is 0.775. The highest BCUT2D eigenvalue weighted by Crippen LogP contribution is 2.38. The van der Waals surface area contributed by atoms with Gasteiger partial charge in [-0.05, 0) is 30.7 Å². The van der Waals surface area contributed by atoms with E-state index in [-0.39, 0.29) is 18.1 Å². The first-order valence-electron chi connectivity index (χ1n) is 7.67. The van der Waals surface area contributed by atoms with Crippen LogP contribution in [0.15, 0.2) is 30.3 Å². The standard InChI is InChI=1S/C17H23NO2/c1-12(2)14-9-6-10-15-17(19)20-11-16(18(14)15)13-7-4-3-5-8-13/h3-5,7-8,12,14-16H,6,9-11H2,1-2H3/t14-,15-,16+/m0/s1. The molecule has 3 atom stereocenters. The largest absolute Gasteiger partial charge is 0.462 e. The van der Waals surface area contributed by atoms with Crippen molar-refractivity contribution in [2.45, 2.75) is 51.2 Å². The van der Waals surface area contributed by atoms with E-state index in [4.69, 9.17) is 4.74 Å². The fraction of sp³-hybridized carbons (Fsp3) is 0.588. The summed E-state index contributed by atoms with van der Waals surface area (Å²) in [5, 5.41) is 0. The second-order valence-electron chi connectivity index (χ2n) is 6.26. The first kappa shape index (κ1) is 13.6. The molecule has 0 spiro atoms. The van der Waals surface area contributed by atoms with Crippen LogP contribution in [0.25, 0.3) is 0 Å². The van der Waals surface area contributed by atoms with Crippen LogP contribution in [0, 0.1) is 5.92 Å². The Balaban J connectivity index is 1.95. The summed E-state index contributed by atoms with van der Waals surface area (Å²) in [7, 11) is 0. The van der Waals surface area contributed by atoms with Gasteiger partial charge >= 0.3 is 5.97 Å². The van der Waals surface area contributed by atoms with Gasteiger partial charge in [-0.2, -0.15) is 0 Å². The van der Waals surface area contributed by atoms with Gasteiger partial charge in [-0.15, -0.1) is 0 Å². The second-order valence-corrected chi connectivity index (χ2v) is 6.26. The molecule has 0 aromatic heterocycles. The minimum absolute atomic E-state index is 0.0254. The number of esters is 1. The maximum absolute atomic E-state index is 12.1. The van der Waals surface area contributed by atoms with E-state index in [0.29, 0.717) is 18.6 Å². The molecule has 0 aliphatic carbocycles. The molecule has 2 aliphatic heterocycles. The SMILES string of the molecule is CC(C)[C@@H]1CCC[C@H]2C(=O)OC[C@H](c3ccccc3)N21. The molecule has 0 radical (unpaired) electrons. The zero-order chi connectivity index (χ0) is 14.1. The maximum Gasteiger partial charge on any atom is 0.323 e. The zero-order valence-corrected chi connectivity index (χ0v) is 12.3. The van der Waals surface area contributed by atoms with Gasteiger partial charge < -0.3 is 4.74 Å². The number of morpholine rings is 1. The Morgan fingerprint density at radius 3 is 2.60 bits per heavy atom. The number of rotatable bonds is 2. The highest BCUT2D eigenvalue weighted by molar-refractivity contribution is 5.77. The van der Waals surface area contributed by atoms with Gasteiger partial charge in [-0.1, -0.05) is 44.2 Å². The van der Waals surface area contributed by atoms with Crippen molar-refractivity contribution in [3.8, 4) is 0 Å². The van der Waals surface area contributed by atoms with E-state index in [0.717, 1.165) is 12.8 Å². The third-order valence-electron chi connectivity index (χ3n) is 4.69. The molecule has 2 saturated heterocycles. The number of nitrogens with zero attached hydrogens (tertiary/aromatic N) is 1. The molecule has 1 aromatic rings. The summed E-state index contributed by atoms with van der Waals surface area (Å²) >= 11 is 0. The van der Waals surface area contributed by atoms with E-state index in [1.165, 1.54) is 12.0 Å². The number of hydrogen-bond donors (Lipinski definition) is 0. The molecular weight excluding hydrogens is 250 g/mol. The highest BCUT2D eigenvalue weighted by atomic mass is 16.5. The number of ether oxygens (including phenoxy) is 1. The lowest BCUT2D eigenvalue weighted by atomic mass is 9.85. The number of carbonyl (C=O) groups excluding carboxylic acids is 1. The molecule has 3 heteroatoms. The molecule has 0 unspecified atom stereocenters. The van der Waals surface area contributed by atoms with Crippen LogP contribution >= 0.6 is 0 Å². The van der Waals surface area contributed by atoms with Gasteiger partial charge in [0.2, 0.25) is 0 Å². The third-order valence-corrected chi connectivity index (χ3v) is 4.69. The van der Waals surface area contributed by atoms with Crippen LogP contribution in [-0.4, -0.2) is 29.6 Å². The summed E-state index contributed by atoms with van der Waals surface area (Å²) in [5.74, 6) is 0.539. The van der Waals surface area contributed by atoms with Gasteiger partial charge in [-0.25, -0.2) is 0 Å². The number of benzene rings is 1. The molecule has 0 N–H and O–H groups in total. The molecule has 2 aliphatic rings. The van der Waals surface area contributed by atoms with Crippen molar-refractivity contribution in [3.63, 3.8) is 0 Å². The first-order chi connectivity index (χ1) is 9.68. The minimum atomic E-state index is -0.0462. The Labute approximate surface area is 120 Å². The number of cyclic esters (lactones) is 1. The number of fused-ring (bicyclic) bond motifs is 1. The Kier molecular flexibility index (Phi) is 3.79. The molecule has 0 saturated carbocycles. The first-order valence-corrected chi connectivity index (χ1v) is 7.67. The van der Waals surface area contributed by atoms with Crippen molar-refractivity contribution in [2.24, 2.45) is 5.92 Å². The van der Waals surface area contributed by atoms with Crippen LogP contribution in [0.5, 0.6) is 0 Å². The van der Waals surface area contributed by atoms with Crippen LogP contribution < -0.4 is 0 Å². The van der Waals surface area contributed by atoms with E-state index >= 15 is 0 Å². The predicted molar refractivity (Wildman–Crippen MR) is 78.2 cm³/mol. The fourth-order valence-electron chi connectivity index (χ4n) is 3.70. The van der Waals surface area contributed by atoms with Gasteiger partial charge in [0.1, 0.15) is 12.6 Å². The van der Waals surface area contributed by atoms with E-state index in [1.807, 2.05) is 6.07 Å². The van der Waals surface area contributed by atoms with Crippen LogP contribution in [-0.2, 0) is 9.53 Å². The summed E-state index contributed by atoms with van der Waals surface area (Å²) in [5.41, 5.74) is 1.26. The summed E-state index contributed by atoms with van der Waals surface area (Å²) < 4.78 is 5.46. The summed E-state index contributed by atoms with van der Waals surface area (Å²) in [4.78, 5) is 14.5. The molecular formula is C17H23NO2. The van der Waals surface area contributed by atoms with Gasteiger partial charge in [0, 0.05) is 6.04 Å². The average molecular weight is 273 g/mol. The Morgan fingerprint density at radius 2 is 1.90 bits per heavy atom. The summed E-state index contributed by atoms with van der Waals surface area (Å²) in [6.45, 7) is 5.01. The highest BCUT2D eigenvalue weighted by Gasteiger charge is 2.45. The monoisotopic (exact) mass is 273 g/mol. The smallest absolute Gasteiger partial charge is 0.323 e. The molecule has 0 amide bonds. The van der Waals surface area contributed by atoms with Gasteiger partial charge in [-0.3, -0.25) is 9.69 Å². The Hall–Kier alpha value is -1.35. The second kappa shape index (κ2) is 5.57. The van der Waals surface area contributed by atoms with E-state index in [9.17, 15) is 4.79 Å². The lowest BCUT2D eigenvalue weighted by molar-refractivity contribution is -0.171. The molecule has 2 heterocycles. The molecule has 0 bridgehead atoms. The topological polar surface area (TPSA) is 29.5 Å². The van der Waals surface area contributed by atoms with Crippen LogP contribution in [0.2, 0.25) is 0 Å². The molecule has 2 fully saturated rings. The van der Waals surface area contributed by atoms with Gasteiger partial charge in [0.05, 0.1) is 6.04 Å². The van der Waals surface area contributed by atoms with Crippen molar-refractivity contribution in [2.75, 3.05) is 6.61 Å². The fourth-order valence-corrected chi connectivity index (χ4v) is 3.70. The average Bonchev–Trinajstić information content (AvgIpc) is 2.48. The van der Waals surface area contributed by atoms with E-state index in [1.54, 1.807) is 0 Å². The maximum atomic E-state index is 12.1. The zero-order valence-electron chi connectivity index (χ0n) is 12.3. The van der Waals surface area contributed by atoms with Crippen molar-refractivity contribution in [3.05, 3.63) is 35.9 Å². The summed E-state index contributed by atoms with van der Waals surface area (Å²) in [6, 6.07) is 11.1. The molecule has 1 aromatic carbocycles. The van der Waals surface area contributed by atoms with Crippen LogP contribution in [0.1, 0.15) is 44.7 Å². The third kappa shape index (κ3) is 2.35. The number of piperidine rings is 1. The van der Waals surface area contributed by atoms with Gasteiger partial charge in [0.25, 0.3) is 0 Å². The lowest BCUT2D eigenvalue weighted by Crippen LogP contribution is -2.58. The van der Waals surface area contributed by atoms with Crippen molar-refractivity contribution in [1.82, 2.24) is 4.90 Å². The van der Waals surface area contributed by atoms with E-state index < -0.39 is 0 Å². The molecule has 108 valence electrons. The van der Waals surface area contributed by atoms with Crippen LogP contribution in [0.4, 0.5) is 0 Å². The lowest BCUT2D eigenvalue weighted by Gasteiger charge is -2.49. The normalized spacial score (nSPS) is 30.9. The van der Waals surface area contributed by atoms with Crippen LogP contribution in [0.3, 0.4) is 0 Å². The molecule has 3 nitrogen and oxygen atoms in total. The van der Waals surface area contributed by atoms with Crippen molar-refractivity contribution in [1.29, 1.82) is 0 Å². The summed E-state index contributed by atoms with van der Waals surface area (Å²) in [6.07, 6.45) is 3.25. The van der Waals surface area contributed by atoms with E-state index in [2.05, 4.69) is 43.0 Å². The molecule has 3 rings (SSSR count). The number of hydrogen-bond acceptors (Lipinski definition) is 3. The van der Waals surface area contributed by atoms with Crippen molar-refractivity contribution >= 4 is 5.97 Å². The minimum Gasteiger partial charge on any atom is -0.462 e.